The highest BCUT2D eigenvalue weighted by Gasteiger charge is 2.33. The smallest absolute Gasteiger partial charge is 0.248 e. The number of carbonyl (C=O) groups excluding carboxylic acids is 2. The van der Waals surface area contributed by atoms with Crippen LogP contribution in [-0.2, 0) is 22.6 Å². The zero-order chi connectivity index (χ0) is 15.7. The van der Waals surface area contributed by atoms with Crippen molar-refractivity contribution in [3.8, 4) is 0 Å². The molecular weight excluding hydrogens is 300 g/mol. The number of thiazole rings is 1. The molecule has 3 rings (SSSR count). The second-order valence-corrected chi connectivity index (χ2v) is 6.95. The van der Waals surface area contributed by atoms with Gasteiger partial charge >= 0.3 is 0 Å². The fourth-order valence-electron chi connectivity index (χ4n) is 3.18. The SMILES string of the molecule is CCN1CCc2nc(NC(=O)C3CCCN3C(C)=O)sc2C1. The van der Waals surface area contributed by atoms with Crippen LogP contribution in [0.1, 0.15) is 37.3 Å². The van der Waals surface area contributed by atoms with Crippen LogP contribution in [0.4, 0.5) is 5.13 Å². The Morgan fingerprint density at radius 2 is 2.23 bits per heavy atom. The van der Waals surface area contributed by atoms with E-state index in [1.807, 2.05) is 0 Å². The number of aromatic nitrogens is 1. The minimum atomic E-state index is -0.342. The van der Waals surface area contributed by atoms with Crippen molar-refractivity contribution in [3.05, 3.63) is 10.6 Å². The molecule has 1 aromatic heterocycles. The fraction of sp³-hybridized carbons (Fsp3) is 0.667. The maximum Gasteiger partial charge on any atom is 0.248 e. The lowest BCUT2D eigenvalue weighted by Gasteiger charge is -2.23. The molecule has 1 unspecified atom stereocenters. The van der Waals surface area contributed by atoms with Crippen LogP contribution in [0.2, 0.25) is 0 Å². The van der Waals surface area contributed by atoms with Crippen molar-refractivity contribution in [1.29, 1.82) is 0 Å². The molecule has 1 N–H and O–H groups in total. The molecule has 22 heavy (non-hydrogen) atoms. The Morgan fingerprint density at radius 1 is 1.41 bits per heavy atom. The van der Waals surface area contributed by atoms with Crippen molar-refractivity contribution >= 4 is 28.3 Å². The predicted octanol–water partition coefficient (Wildman–Crippen LogP) is 1.47. The summed E-state index contributed by atoms with van der Waals surface area (Å²) in [4.78, 5) is 33.8. The van der Waals surface area contributed by atoms with Crippen LogP contribution >= 0.6 is 11.3 Å². The number of likely N-dealkylation sites (tertiary alicyclic amines) is 1. The van der Waals surface area contributed by atoms with E-state index in [9.17, 15) is 9.59 Å². The standard InChI is InChI=1S/C15H22N4O2S/c1-3-18-8-6-11-13(9-18)22-15(16-11)17-14(21)12-5-4-7-19(12)10(2)20/h12H,3-9H2,1-2H3,(H,16,17,21). The second-order valence-electron chi connectivity index (χ2n) is 5.87. The molecule has 1 saturated heterocycles. The minimum Gasteiger partial charge on any atom is -0.331 e. The van der Waals surface area contributed by atoms with Crippen LogP contribution in [0, 0.1) is 0 Å². The average Bonchev–Trinajstić information content (AvgIpc) is 3.12. The van der Waals surface area contributed by atoms with Gasteiger partial charge in [-0.3, -0.25) is 14.5 Å². The van der Waals surface area contributed by atoms with Crippen molar-refractivity contribution in [3.63, 3.8) is 0 Å². The lowest BCUT2D eigenvalue weighted by atomic mass is 10.2. The molecule has 120 valence electrons. The van der Waals surface area contributed by atoms with E-state index < -0.39 is 0 Å². The van der Waals surface area contributed by atoms with Gasteiger partial charge in [-0.2, -0.15) is 0 Å². The summed E-state index contributed by atoms with van der Waals surface area (Å²) in [5.74, 6) is -0.138. The largest absolute Gasteiger partial charge is 0.331 e. The van der Waals surface area contributed by atoms with Gasteiger partial charge in [-0.05, 0) is 19.4 Å². The molecule has 6 nitrogen and oxygen atoms in total. The van der Waals surface area contributed by atoms with Crippen molar-refractivity contribution in [2.75, 3.05) is 25.0 Å². The van der Waals surface area contributed by atoms with Crippen LogP contribution in [-0.4, -0.2) is 52.3 Å². The summed E-state index contributed by atoms with van der Waals surface area (Å²) in [5.41, 5.74) is 1.11. The molecule has 0 aromatic carbocycles. The van der Waals surface area contributed by atoms with Crippen LogP contribution in [0.15, 0.2) is 0 Å². The first-order chi connectivity index (χ1) is 10.6. The highest BCUT2D eigenvalue weighted by atomic mass is 32.1. The topological polar surface area (TPSA) is 65.5 Å². The number of likely N-dealkylation sites (N-methyl/N-ethyl adjacent to an activating group) is 1. The maximum atomic E-state index is 12.4. The van der Waals surface area contributed by atoms with E-state index >= 15 is 0 Å². The first-order valence-corrected chi connectivity index (χ1v) is 8.69. The molecular formula is C15H22N4O2S. The molecule has 1 atom stereocenters. The summed E-state index contributed by atoms with van der Waals surface area (Å²) in [5, 5.41) is 3.58. The monoisotopic (exact) mass is 322 g/mol. The summed E-state index contributed by atoms with van der Waals surface area (Å²) in [6.07, 6.45) is 2.57. The van der Waals surface area contributed by atoms with E-state index in [1.54, 1.807) is 16.2 Å². The molecule has 1 aromatic rings. The Balaban J connectivity index is 1.68. The third kappa shape index (κ3) is 3.01. The molecule has 1 fully saturated rings. The minimum absolute atomic E-state index is 0.0327. The molecule has 2 aliphatic rings. The van der Waals surface area contributed by atoms with Gasteiger partial charge in [-0.25, -0.2) is 4.98 Å². The lowest BCUT2D eigenvalue weighted by Crippen LogP contribution is -2.42. The van der Waals surface area contributed by atoms with E-state index in [2.05, 4.69) is 22.1 Å². The van der Waals surface area contributed by atoms with E-state index in [4.69, 9.17) is 0 Å². The number of anilines is 1. The first kappa shape index (κ1) is 15.4. The summed E-state index contributed by atoms with van der Waals surface area (Å²) in [6, 6.07) is -0.342. The van der Waals surface area contributed by atoms with Crippen LogP contribution in [0.3, 0.4) is 0 Å². The Hall–Kier alpha value is -1.47. The second kappa shape index (κ2) is 6.34. The normalized spacial score (nSPS) is 21.7. The van der Waals surface area contributed by atoms with E-state index in [0.29, 0.717) is 11.7 Å². The molecule has 2 aliphatic heterocycles. The van der Waals surface area contributed by atoms with Crippen molar-refractivity contribution in [2.45, 2.75) is 45.7 Å². The van der Waals surface area contributed by atoms with E-state index in [1.165, 1.54) is 11.8 Å². The summed E-state index contributed by atoms with van der Waals surface area (Å²) in [7, 11) is 0. The fourth-order valence-corrected chi connectivity index (χ4v) is 4.23. The summed E-state index contributed by atoms with van der Waals surface area (Å²) < 4.78 is 0. The Bertz CT molecular complexity index is 586. The highest BCUT2D eigenvalue weighted by molar-refractivity contribution is 7.15. The molecule has 0 saturated carbocycles. The number of amides is 2. The van der Waals surface area contributed by atoms with Gasteiger partial charge in [0.2, 0.25) is 11.8 Å². The average molecular weight is 322 g/mol. The van der Waals surface area contributed by atoms with E-state index in [-0.39, 0.29) is 17.9 Å². The predicted molar refractivity (Wildman–Crippen MR) is 85.8 cm³/mol. The maximum absolute atomic E-state index is 12.4. The van der Waals surface area contributed by atoms with E-state index in [0.717, 1.165) is 44.6 Å². The highest BCUT2D eigenvalue weighted by Crippen LogP contribution is 2.29. The van der Waals surface area contributed by atoms with Gasteiger partial charge in [-0.15, -0.1) is 11.3 Å². The van der Waals surface area contributed by atoms with Gasteiger partial charge in [0, 0.05) is 37.9 Å². The molecule has 0 radical (unpaired) electrons. The number of nitrogens with one attached hydrogen (secondary N) is 1. The zero-order valence-electron chi connectivity index (χ0n) is 13.1. The molecule has 0 aliphatic carbocycles. The quantitative estimate of drug-likeness (QED) is 0.915. The molecule has 3 heterocycles. The zero-order valence-corrected chi connectivity index (χ0v) is 13.9. The van der Waals surface area contributed by atoms with Crippen LogP contribution < -0.4 is 5.32 Å². The van der Waals surface area contributed by atoms with Crippen molar-refractivity contribution in [2.24, 2.45) is 0 Å². The Kier molecular flexibility index (Phi) is 4.44. The number of hydrogen-bond acceptors (Lipinski definition) is 5. The Labute approximate surface area is 134 Å². The first-order valence-electron chi connectivity index (χ1n) is 7.87. The number of rotatable bonds is 3. The molecule has 7 heteroatoms. The molecule has 2 amide bonds. The summed E-state index contributed by atoms with van der Waals surface area (Å²) >= 11 is 1.56. The number of carbonyl (C=O) groups is 2. The number of nitrogens with zero attached hydrogens (tertiary/aromatic N) is 3. The van der Waals surface area contributed by atoms with Gasteiger partial charge in [0.15, 0.2) is 5.13 Å². The third-order valence-corrected chi connectivity index (χ3v) is 5.45. The van der Waals surface area contributed by atoms with Crippen molar-refractivity contribution < 1.29 is 9.59 Å². The van der Waals surface area contributed by atoms with Gasteiger partial charge < -0.3 is 10.2 Å². The Morgan fingerprint density at radius 3 is 2.95 bits per heavy atom. The van der Waals surface area contributed by atoms with Crippen LogP contribution in [0.25, 0.3) is 0 Å². The van der Waals surface area contributed by atoms with Gasteiger partial charge in [0.05, 0.1) is 5.69 Å². The van der Waals surface area contributed by atoms with Crippen molar-refractivity contribution in [1.82, 2.24) is 14.8 Å². The van der Waals surface area contributed by atoms with Gasteiger partial charge in [-0.1, -0.05) is 6.92 Å². The molecule has 0 bridgehead atoms. The summed E-state index contributed by atoms with van der Waals surface area (Å²) in [6.45, 7) is 7.34. The van der Waals surface area contributed by atoms with Gasteiger partial charge in [0.25, 0.3) is 0 Å². The lowest BCUT2D eigenvalue weighted by molar-refractivity contribution is -0.134. The van der Waals surface area contributed by atoms with Crippen LogP contribution in [0.5, 0.6) is 0 Å². The number of fused-ring (bicyclic) bond motifs is 1. The van der Waals surface area contributed by atoms with Gasteiger partial charge in [0.1, 0.15) is 6.04 Å². The third-order valence-electron chi connectivity index (χ3n) is 4.45. The number of hydrogen-bond donors (Lipinski definition) is 1. The molecule has 0 spiro atoms.